The molecule has 3 aliphatic rings. The van der Waals surface area contributed by atoms with E-state index < -0.39 is 11.9 Å². The van der Waals surface area contributed by atoms with Crippen molar-refractivity contribution in [2.45, 2.75) is 12.9 Å². The Bertz CT molecular complexity index is 258. The average molecular weight is 200 g/mol. The van der Waals surface area contributed by atoms with E-state index in [-0.39, 0.29) is 5.41 Å². The first-order chi connectivity index (χ1) is 6.54. The van der Waals surface area contributed by atoms with E-state index in [0.717, 1.165) is 6.08 Å². The van der Waals surface area contributed by atoms with E-state index in [0.29, 0.717) is 19.8 Å². The van der Waals surface area contributed by atoms with Crippen molar-refractivity contribution in [3.8, 4) is 0 Å². The summed E-state index contributed by atoms with van der Waals surface area (Å²) >= 11 is 0. The zero-order valence-electron chi connectivity index (χ0n) is 7.86. The number of ether oxygens (including phenoxy) is 3. The molecule has 0 radical (unpaired) electrons. The fourth-order valence-corrected chi connectivity index (χ4v) is 1.39. The van der Waals surface area contributed by atoms with Gasteiger partial charge in [0.15, 0.2) is 0 Å². The molecular weight excluding hydrogens is 188 g/mol. The van der Waals surface area contributed by atoms with Gasteiger partial charge in [-0.25, -0.2) is 4.79 Å². The number of rotatable bonds is 2. The highest BCUT2D eigenvalue weighted by molar-refractivity contribution is 5.79. The number of fused-ring (bicyclic) bond motifs is 3. The van der Waals surface area contributed by atoms with Crippen LogP contribution in [-0.4, -0.2) is 36.9 Å². The Morgan fingerprint density at radius 2 is 1.79 bits per heavy atom. The monoisotopic (exact) mass is 200 g/mol. The summed E-state index contributed by atoms with van der Waals surface area (Å²) in [4.78, 5) is 10.3. The summed E-state index contributed by atoms with van der Waals surface area (Å²) in [6, 6.07) is 0. The molecule has 0 aromatic carbocycles. The molecule has 0 atom stereocenters. The Morgan fingerprint density at radius 1 is 1.29 bits per heavy atom. The van der Waals surface area contributed by atoms with Crippen molar-refractivity contribution >= 4 is 5.97 Å². The third kappa shape index (κ3) is 1.66. The molecule has 3 aliphatic heterocycles. The summed E-state index contributed by atoms with van der Waals surface area (Å²) < 4.78 is 16.0. The van der Waals surface area contributed by atoms with E-state index in [1.807, 2.05) is 6.92 Å². The van der Waals surface area contributed by atoms with Gasteiger partial charge >= 0.3 is 11.9 Å². The van der Waals surface area contributed by atoms with E-state index in [4.69, 9.17) is 19.3 Å². The second kappa shape index (κ2) is 3.05. The quantitative estimate of drug-likeness (QED) is 0.652. The molecule has 0 aromatic heterocycles. The highest BCUT2D eigenvalue weighted by atomic mass is 16.9. The van der Waals surface area contributed by atoms with Gasteiger partial charge in [0.05, 0.1) is 19.8 Å². The molecule has 2 bridgehead atoms. The Labute approximate surface area is 81.3 Å². The van der Waals surface area contributed by atoms with E-state index in [1.54, 1.807) is 0 Å². The number of aliphatic carboxylic acids is 1. The van der Waals surface area contributed by atoms with E-state index in [2.05, 4.69) is 0 Å². The molecular formula is C9H12O5. The summed E-state index contributed by atoms with van der Waals surface area (Å²) in [6.45, 7) is 3.57. The van der Waals surface area contributed by atoms with Gasteiger partial charge < -0.3 is 19.3 Å². The Hall–Kier alpha value is -0.910. The molecule has 0 aromatic rings. The third-order valence-electron chi connectivity index (χ3n) is 2.30. The van der Waals surface area contributed by atoms with E-state index in [1.165, 1.54) is 6.08 Å². The van der Waals surface area contributed by atoms with Gasteiger partial charge in [-0.1, -0.05) is 6.92 Å². The molecule has 3 rings (SSSR count). The Kier molecular flexibility index (Phi) is 2.10. The fraction of sp³-hybridized carbons (Fsp3) is 0.667. The van der Waals surface area contributed by atoms with Crippen molar-refractivity contribution in [1.82, 2.24) is 0 Å². The van der Waals surface area contributed by atoms with Gasteiger partial charge in [0.1, 0.15) is 0 Å². The van der Waals surface area contributed by atoms with Crippen molar-refractivity contribution in [2.24, 2.45) is 5.41 Å². The van der Waals surface area contributed by atoms with Crippen LogP contribution in [0.25, 0.3) is 0 Å². The van der Waals surface area contributed by atoms with Crippen LogP contribution in [0.2, 0.25) is 0 Å². The zero-order valence-corrected chi connectivity index (χ0v) is 7.86. The normalized spacial score (nSPS) is 41.8. The highest BCUT2D eigenvalue weighted by Gasteiger charge is 2.48. The maximum absolute atomic E-state index is 10.3. The first kappa shape index (κ1) is 9.64. The minimum Gasteiger partial charge on any atom is -0.478 e. The van der Waals surface area contributed by atoms with Gasteiger partial charge in [0.2, 0.25) is 0 Å². The summed E-state index contributed by atoms with van der Waals surface area (Å²) in [5.74, 6) is -2.31. The van der Waals surface area contributed by atoms with Gasteiger partial charge in [-0.05, 0) is 0 Å². The molecule has 3 heterocycles. The van der Waals surface area contributed by atoms with Crippen LogP contribution >= 0.6 is 0 Å². The second-order valence-electron chi connectivity index (χ2n) is 3.95. The van der Waals surface area contributed by atoms with E-state index in [9.17, 15) is 4.79 Å². The van der Waals surface area contributed by atoms with Gasteiger partial charge in [-0.3, -0.25) is 0 Å². The van der Waals surface area contributed by atoms with Crippen LogP contribution in [-0.2, 0) is 19.0 Å². The molecule has 1 N–H and O–H groups in total. The minimum atomic E-state index is -1.27. The molecule has 0 unspecified atom stereocenters. The summed E-state index contributed by atoms with van der Waals surface area (Å²) in [5, 5.41) is 8.46. The lowest BCUT2D eigenvalue weighted by molar-refractivity contribution is -0.441. The topological polar surface area (TPSA) is 65.0 Å². The molecule has 14 heavy (non-hydrogen) atoms. The molecule has 0 amide bonds. The van der Waals surface area contributed by atoms with Crippen molar-refractivity contribution in [2.75, 3.05) is 19.8 Å². The third-order valence-corrected chi connectivity index (χ3v) is 2.30. The maximum atomic E-state index is 10.3. The number of hydrogen-bond donors (Lipinski definition) is 1. The van der Waals surface area contributed by atoms with Crippen LogP contribution in [0.4, 0.5) is 0 Å². The molecule has 5 nitrogen and oxygen atoms in total. The molecule has 0 spiro atoms. The van der Waals surface area contributed by atoms with Crippen molar-refractivity contribution in [3.63, 3.8) is 0 Å². The van der Waals surface area contributed by atoms with Gasteiger partial charge in [0, 0.05) is 17.6 Å². The molecule has 3 saturated heterocycles. The van der Waals surface area contributed by atoms with Crippen LogP contribution in [0.1, 0.15) is 6.92 Å². The van der Waals surface area contributed by atoms with Crippen LogP contribution < -0.4 is 0 Å². The zero-order chi connectivity index (χ0) is 10.2. The molecule has 0 aliphatic carbocycles. The SMILES string of the molecule is CC12COC(/C=C/C(=O)O)(OC1)OC2. The average Bonchev–Trinajstić information content (AvgIpc) is 2.17. The second-order valence-corrected chi connectivity index (χ2v) is 3.95. The minimum absolute atomic E-state index is 0.0984. The molecule has 78 valence electrons. The molecule has 5 heteroatoms. The number of carbonyl (C=O) groups is 1. The van der Waals surface area contributed by atoms with Crippen LogP contribution in [0.15, 0.2) is 12.2 Å². The summed E-state index contributed by atoms with van der Waals surface area (Å²) in [5.41, 5.74) is -0.0984. The van der Waals surface area contributed by atoms with Crippen molar-refractivity contribution in [3.05, 3.63) is 12.2 Å². The number of carboxylic acids is 1. The summed E-state index contributed by atoms with van der Waals surface area (Å²) in [6.07, 6.45) is 2.25. The number of hydrogen-bond acceptors (Lipinski definition) is 4. The standard InChI is InChI=1S/C9H12O5/c1-8-4-12-9(13-5-8,14-6-8)3-2-7(10)11/h2-3H,4-6H2,1H3,(H,10,11)/b3-2+. The highest BCUT2D eigenvalue weighted by Crippen LogP contribution is 2.38. The lowest BCUT2D eigenvalue weighted by Gasteiger charge is -2.48. The predicted molar refractivity (Wildman–Crippen MR) is 45.5 cm³/mol. The van der Waals surface area contributed by atoms with Crippen molar-refractivity contribution < 1.29 is 24.1 Å². The predicted octanol–water partition coefficient (Wildman–Crippen LogP) is 0.364. The molecule has 3 fully saturated rings. The van der Waals surface area contributed by atoms with Gasteiger partial charge in [-0.15, -0.1) is 0 Å². The lowest BCUT2D eigenvalue weighted by atomic mass is 9.92. The Morgan fingerprint density at radius 3 is 2.21 bits per heavy atom. The number of carboxylic acid groups (broad SMARTS) is 1. The largest absolute Gasteiger partial charge is 0.478 e. The lowest BCUT2D eigenvalue weighted by Crippen LogP contribution is -2.57. The van der Waals surface area contributed by atoms with Crippen molar-refractivity contribution in [1.29, 1.82) is 0 Å². The molecule has 0 saturated carbocycles. The van der Waals surface area contributed by atoms with Crippen LogP contribution in [0, 0.1) is 5.41 Å². The van der Waals surface area contributed by atoms with Crippen LogP contribution in [0.3, 0.4) is 0 Å². The van der Waals surface area contributed by atoms with E-state index >= 15 is 0 Å². The van der Waals surface area contributed by atoms with Crippen LogP contribution in [0.5, 0.6) is 0 Å². The summed E-state index contributed by atoms with van der Waals surface area (Å²) in [7, 11) is 0. The fourth-order valence-electron chi connectivity index (χ4n) is 1.39. The maximum Gasteiger partial charge on any atom is 0.328 e. The van der Waals surface area contributed by atoms with Gasteiger partial charge in [-0.2, -0.15) is 0 Å². The Balaban J connectivity index is 2.08. The first-order valence-electron chi connectivity index (χ1n) is 4.38. The smallest absolute Gasteiger partial charge is 0.328 e. The first-order valence-corrected chi connectivity index (χ1v) is 4.38. The van der Waals surface area contributed by atoms with Gasteiger partial charge in [0.25, 0.3) is 0 Å².